The summed E-state index contributed by atoms with van der Waals surface area (Å²) in [6.45, 7) is 5.13. The van der Waals surface area contributed by atoms with Crippen molar-refractivity contribution in [1.29, 1.82) is 0 Å². The summed E-state index contributed by atoms with van der Waals surface area (Å²) in [6.07, 6.45) is 3.45. The Kier molecular flexibility index (Phi) is 6.53. The van der Waals surface area contributed by atoms with E-state index in [-0.39, 0.29) is 5.91 Å². The number of thioether (sulfide) groups is 1. The molecule has 0 aliphatic heterocycles. The summed E-state index contributed by atoms with van der Waals surface area (Å²) in [7, 11) is 0. The SMILES string of the molecule is CC[C@@H](C)c1ccc(NC(=O)CSc2nnc(C3CC3)n2Cc2ccccc2)cc1. The maximum Gasteiger partial charge on any atom is 0.234 e. The van der Waals surface area contributed by atoms with Gasteiger partial charge in [0, 0.05) is 11.6 Å². The van der Waals surface area contributed by atoms with Crippen LogP contribution in [0.25, 0.3) is 0 Å². The van der Waals surface area contributed by atoms with Crippen molar-refractivity contribution in [3.05, 3.63) is 71.5 Å². The number of hydrogen-bond donors (Lipinski definition) is 1. The average Bonchev–Trinajstić information content (AvgIpc) is 3.54. The van der Waals surface area contributed by atoms with E-state index >= 15 is 0 Å². The van der Waals surface area contributed by atoms with Gasteiger partial charge in [-0.05, 0) is 48.4 Å². The molecule has 6 heteroatoms. The molecule has 1 saturated carbocycles. The van der Waals surface area contributed by atoms with Gasteiger partial charge in [0.25, 0.3) is 0 Å². The number of benzene rings is 2. The molecule has 1 amide bonds. The number of nitrogens with zero attached hydrogens (tertiary/aromatic N) is 3. The highest BCUT2D eigenvalue weighted by Gasteiger charge is 2.30. The van der Waals surface area contributed by atoms with Gasteiger partial charge in [-0.2, -0.15) is 0 Å². The zero-order valence-corrected chi connectivity index (χ0v) is 18.4. The van der Waals surface area contributed by atoms with Gasteiger partial charge in [-0.3, -0.25) is 4.79 Å². The van der Waals surface area contributed by atoms with E-state index in [0.29, 0.717) is 17.6 Å². The molecule has 0 spiro atoms. The summed E-state index contributed by atoms with van der Waals surface area (Å²) < 4.78 is 2.17. The van der Waals surface area contributed by atoms with Crippen LogP contribution in [-0.2, 0) is 11.3 Å². The van der Waals surface area contributed by atoms with Crippen LogP contribution in [0.15, 0.2) is 59.8 Å². The zero-order valence-electron chi connectivity index (χ0n) is 17.5. The number of amides is 1. The summed E-state index contributed by atoms with van der Waals surface area (Å²) in [5.41, 5.74) is 3.34. The number of hydrogen-bond acceptors (Lipinski definition) is 4. The molecule has 1 N–H and O–H groups in total. The molecular weight excluding hydrogens is 392 g/mol. The van der Waals surface area contributed by atoms with Gasteiger partial charge in [-0.1, -0.05) is 68.1 Å². The van der Waals surface area contributed by atoms with Crippen molar-refractivity contribution >= 4 is 23.4 Å². The monoisotopic (exact) mass is 420 g/mol. The van der Waals surface area contributed by atoms with E-state index in [1.54, 1.807) is 0 Å². The van der Waals surface area contributed by atoms with Crippen molar-refractivity contribution < 1.29 is 4.79 Å². The van der Waals surface area contributed by atoms with E-state index in [4.69, 9.17) is 0 Å². The van der Waals surface area contributed by atoms with Gasteiger partial charge in [0.15, 0.2) is 5.16 Å². The summed E-state index contributed by atoms with van der Waals surface area (Å²) in [6, 6.07) is 18.5. The number of aromatic nitrogens is 3. The van der Waals surface area contributed by atoms with E-state index in [1.165, 1.54) is 35.7 Å². The molecule has 1 atom stereocenters. The highest BCUT2D eigenvalue weighted by Crippen LogP contribution is 2.40. The van der Waals surface area contributed by atoms with Crippen LogP contribution < -0.4 is 5.32 Å². The van der Waals surface area contributed by atoms with Gasteiger partial charge < -0.3 is 9.88 Å². The molecule has 1 heterocycles. The van der Waals surface area contributed by atoms with Crippen molar-refractivity contribution in [3.8, 4) is 0 Å². The maximum atomic E-state index is 12.5. The van der Waals surface area contributed by atoms with Crippen molar-refractivity contribution in [2.45, 2.75) is 56.6 Å². The predicted molar refractivity (Wildman–Crippen MR) is 122 cm³/mol. The molecule has 0 saturated heterocycles. The molecule has 1 aliphatic carbocycles. The lowest BCUT2D eigenvalue weighted by Crippen LogP contribution is -2.15. The molecule has 4 rings (SSSR count). The van der Waals surface area contributed by atoms with Crippen LogP contribution in [0, 0.1) is 0 Å². The zero-order chi connectivity index (χ0) is 20.9. The lowest BCUT2D eigenvalue weighted by Gasteiger charge is -2.11. The quantitative estimate of drug-likeness (QED) is 0.468. The minimum absolute atomic E-state index is 0.0291. The van der Waals surface area contributed by atoms with E-state index in [1.807, 2.05) is 30.3 Å². The Morgan fingerprint density at radius 3 is 2.53 bits per heavy atom. The maximum absolute atomic E-state index is 12.5. The molecule has 1 fully saturated rings. The van der Waals surface area contributed by atoms with Crippen LogP contribution in [0.5, 0.6) is 0 Å². The Labute approximate surface area is 182 Å². The Morgan fingerprint density at radius 2 is 1.87 bits per heavy atom. The summed E-state index contributed by atoms with van der Waals surface area (Å²) in [5, 5.41) is 12.6. The van der Waals surface area contributed by atoms with E-state index in [2.05, 4.69) is 58.2 Å². The first-order chi connectivity index (χ1) is 14.6. The topological polar surface area (TPSA) is 59.8 Å². The van der Waals surface area contributed by atoms with Crippen LogP contribution in [-0.4, -0.2) is 26.4 Å². The lowest BCUT2D eigenvalue weighted by atomic mass is 9.99. The average molecular weight is 421 g/mol. The lowest BCUT2D eigenvalue weighted by molar-refractivity contribution is -0.113. The summed E-state index contributed by atoms with van der Waals surface area (Å²) >= 11 is 1.45. The number of carbonyl (C=O) groups excluding carboxylic acids is 1. The summed E-state index contributed by atoms with van der Waals surface area (Å²) in [5.74, 6) is 2.36. The molecule has 1 aliphatic rings. The summed E-state index contributed by atoms with van der Waals surface area (Å²) in [4.78, 5) is 12.5. The largest absolute Gasteiger partial charge is 0.325 e. The van der Waals surface area contributed by atoms with Crippen LogP contribution in [0.1, 0.15) is 61.9 Å². The standard InChI is InChI=1S/C24H28N4OS/c1-3-17(2)19-11-13-21(14-12-19)25-22(29)16-30-24-27-26-23(20-9-10-20)28(24)15-18-7-5-4-6-8-18/h4-8,11-14,17,20H,3,9-10,15-16H2,1-2H3,(H,25,29)/t17-/m1/s1. The second-order valence-electron chi connectivity index (χ2n) is 7.95. The fourth-order valence-electron chi connectivity index (χ4n) is 3.42. The van der Waals surface area contributed by atoms with Crippen molar-refractivity contribution in [1.82, 2.24) is 14.8 Å². The predicted octanol–water partition coefficient (Wildman–Crippen LogP) is 5.45. The second-order valence-corrected chi connectivity index (χ2v) is 8.90. The molecule has 1 aromatic heterocycles. The second kappa shape index (κ2) is 9.47. The van der Waals surface area contributed by atoms with Crippen molar-refractivity contribution in [2.75, 3.05) is 11.1 Å². The van der Waals surface area contributed by atoms with Gasteiger partial charge in [0.05, 0.1) is 12.3 Å². The first-order valence-electron chi connectivity index (χ1n) is 10.6. The van der Waals surface area contributed by atoms with Crippen LogP contribution in [0.3, 0.4) is 0 Å². The molecule has 0 bridgehead atoms. The third kappa shape index (κ3) is 5.11. The molecule has 0 radical (unpaired) electrons. The molecule has 156 valence electrons. The fraction of sp³-hybridized carbons (Fsp3) is 0.375. The smallest absolute Gasteiger partial charge is 0.234 e. The number of carbonyl (C=O) groups is 1. The number of nitrogens with one attached hydrogen (secondary N) is 1. The first-order valence-corrected chi connectivity index (χ1v) is 11.6. The molecule has 5 nitrogen and oxygen atoms in total. The van der Waals surface area contributed by atoms with Gasteiger partial charge in [-0.15, -0.1) is 10.2 Å². The Hall–Kier alpha value is -2.60. The molecule has 30 heavy (non-hydrogen) atoms. The minimum atomic E-state index is -0.0291. The number of anilines is 1. The highest BCUT2D eigenvalue weighted by atomic mass is 32.2. The fourth-order valence-corrected chi connectivity index (χ4v) is 4.17. The Balaban J connectivity index is 1.39. The normalized spacial score (nSPS) is 14.5. The van der Waals surface area contributed by atoms with Crippen LogP contribution >= 0.6 is 11.8 Å². The van der Waals surface area contributed by atoms with Gasteiger partial charge in [0.2, 0.25) is 5.91 Å². The Morgan fingerprint density at radius 1 is 1.13 bits per heavy atom. The minimum Gasteiger partial charge on any atom is -0.325 e. The highest BCUT2D eigenvalue weighted by molar-refractivity contribution is 7.99. The molecule has 2 aromatic carbocycles. The van der Waals surface area contributed by atoms with Crippen LogP contribution in [0.2, 0.25) is 0 Å². The van der Waals surface area contributed by atoms with Crippen LogP contribution in [0.4, 0.5) is 5.69 Å². The number of rotatable bonds is 9. The Bertz CT molecular complexity index is 980. The first kappa shape index (κ1) is 20.7. The van der Waals surface area contributed by atoms with E-state index in [9.17, 15) is 4.79 Å². The third-order valence-electron chi connectivity index (χ3n) is 5.58. The molecule has 0 unspecified atom stereocenters. The van der Waals surface area contributed by atoms with Gasteiger partial charge in [-0.25, -0.2) is 0 Å². The van der Waals surface area contributed by atoms with Gasteiger partial charge in [0.1, 0.15) is 5.82 Å². The van der Waals surface area contributed by atoms with Crippen molar-refractivity contribution in [3.63, 3.8) is 0 Å². The van der Waals surface area contributed by atoms with Crippen molar-refractivity contribution in [2.24, 2.45) is 0 Å². The molecular formula is C24H28N4OS. The third-order valence-corrected chi connectivity index (χ3v) is 6.55. The van der Waals surface area contributed by atoms with E-state index < -0.39 is 0 Å². The molecule has 3 aromatic rings. The van der Waals surface area contributed by atoms with Gasteiger partial charge >= 0.3 is 0 Å². The van der Waals surface area contributed by atoms with E-state index in [0.717, 1.165) is 29.6 Å².